The van der Waals surface area contributed by atoms with Crippen molar-refractivity contribution in [3.8, 4) is 0 Å². The second-order valence-electron chi connectivity index (χ2n) is 3.55. The van der Waals surface area contributed by atoms with Gasteiger partial charge >= 0.3 is 0 Å². The number of halogens is 1. The van der Waals surface area contributed by atoms with Crippen molar-refractivity contribution in [2.24, 2.45) is 0 Å². The lowest BCUT2D eigenvalue weighted by atomic mass is 10.2. The van der Waals surface area contributed by atoms with Gasteiger partial charge in [0, 0.05) is 0 Å². The zero-order valence-electron chi connectivity index (χ0n) is 8.67. The lowest BCUT2D eigenvalue weighted by Crippen LogP contribution is -2.37. The second kappa shape index (κ2) is 6.70. The lowest BCUT2D eigenvalue weighted by Gasteiger charge is -2.23. The summed E-state index contributed by atoms with van der Waals surface area (Å²) in [5.74, 6) is 2.15. The van der Waals surface area contributed by atoms with Crippen LogP contribution in [0.25, 0.3) is 0 Å². The van der Waals surface area contributed by atoms with Crippen LogP contribution in [0, 0.1) is 0 Å². The van der Waals surface area contributed by atoms with E-state index in [4.69, 9.17) is 11.6 Å². The molecule has 0 spiro atoms. The molecule has 0 bridgehead atoms. The fourth-order valence-electron chi connectivity index (χ4n) is 1.83. The second-order valence-corrected chi connectivity index (χ2v) is 5.31. The SMILES string of the molecule is CCSCC[C@@H](C(=O)Cl)N1CCCC1. The molecule has 2 nitrogen and oxygen atoms in total. The van der Waals surface area contributed by atoms with E-state index in [0.717, 1.165) is 31.0 Å². The number of thioether (sulfide) groups is 1. The van der Waals surface area contributed by atoms with Crippen molar-refractivity contribution in [2.75, 3.05) is 24.6 Å². The molecule has 1 aliphatic heterocycles. The van der Waals surface area contributed by atoms with Gasteiger partial charge in [0.15, 0.2) is 0 Å². The molecule has 0 aliphatic carbocycles. The van der Waals surface area contributed by atoms with Gasteiger partial charge in [0.1, 0.15) is 0 Å². The number of carbonyl (C=O) groups excluding carboxylic acids is 1. The molecule has 1 fully saturated rings. The van der Waals surface area contributed by atoms with Crippen LogP contribution in [-0.2, 0) is 4.79 Å². The van der Waals surface area contributed by atoms with Gasteiger partial charge in [-0.1, -0.05) is 6.92 Å². The minimum absolute atomic E-state index is 0.0294. The van der Waals surface area contributed by atoms with Gasteiger partial charge in [-0.15, -0.1) is 0 Å². The lowest BCUT2D eigenvalue weighted by molar-refractivity contribution is -0.116. The van der Waals surface area contributed by atoms with Gasteiger partial charge in [-0.3, -0.25) is 9.69 Å². The average molecular weight is 236 g/mol. The third-order valence-electron chi connectivity index (χ3n) is 2.58. The van der Waals surface area contributed by atoms with Crippen molar-refractivity contribution in [2.45, 2.75) is 32.2 Å². The van der Waals surface area contributed by atoms with Crippen LogP contribution in [0.3, 0.4) is 0 Å². The topological polar surface area (TPSA) is 20.3 Å². The van der Waals surface area contributed by atoms with Crippen molar-refractivity contribution in [3.63, 3.8) is 0 Å². The van der Waals surface area contributed by atoms with Crippen LogP contribution in [0.4, 0.5) is 0 Å². The van der Waals surface area contributed by atoms with Gasteiger partial charge in [0.2, 0.25) is 5.24 Å². The highest BCUT2D eigenvalue weighted by Gasteiger charge is 2.26. The molecular formula is C10H18ClNOS. The highest BCUT2D eigenvalue weighted by atomic mass is 35.5. The highest BCUT2D eigenvalue weighted by Crippen LogP contribution is 2.18. The number of nitrogens with zero attached hydrogens (tertiary/aromatic N) is 1. The van der Waals surface area contributed by atoms with E-state index < -0.39 is 0 Å². The molecule has 0 unspecified atom stereocenters. The minimum Gasteiger partial charge on any atom is -0.292 e. The van der Waals surface area contributed by atoms with E-state index in [-0.39, 0.29) is 11.3 Å². The van der Waals surface area contributed by atoms with Crippen LogP contribution in [0.2, 0.25) is 0 Å². The molecule has 1 aliphatic rings. The zero-order chi connectivity index (χ0) is 10.4. The Kier molecular flexibility index (Phi) is 5.90. The molecule has 0 saturated carbocycles. The third kappa shape index (κ3) is 3.79. The van der Waals surface area contributed by atoms with Crippen LogP contribution in [-0.4, -0.2) is 40.8 Å². The maximum atomic E-state index is 11.2. The molecule has 1 saturated heterocycles. The van der Waals surface area contributed by atoms with E-state index in [2.05, 4.69) is 11.8 Å². The molecule has 0 aromatic rings. The Balaban J connectivity index is 2.34. The minimum atomic E-state index is -0.177. The van der Waals surface area contributed by atoms with Crippen molar-refractivity contribution < 1.29 is 4.79 Å². The molecule has 1 rings (SSSR count). The van der Waals surface area contributed by atoms with Gasteiger partial charge in [0.25, 0.3) is 0 Å². The first-order chi connectivity index (χ1) is 6.75. The Bertz CT molecular complexity index is 183. The van der Waals surface area contributed by atoms with Crippen LogP contribution in [0.15, 0.2) is 0 Å². The van der Waals surface area contributed by atoms with Crippen molar-refractivity contribution in [3.05, 3.63) is 0 Å². The summed E-state index contributed by atoms with van der Waals surface area (Å²) in [5, 5.41) is -0.177. The van der Waals surface area contributed by atoms with Gasteiger partial charge in [-0.2, -0.15) is 11.8 Å². The molecule has 0 aromatic heterocycles. The molecule has 0 aromatic carbocycles. The quantitative estimate of drug-likeness (QED) is 0.521. The van der Waals surface area contributed by atoms with Gasteiger partial charge < -0.3 is 0 Å². The summed E-state index contributed by atoms with van der Waals surface area (Å²) in [6.45, 7) is 4.22. The van der Waals surface area contributed by atoms with Crippen LogP contribution < -0.4 is 0 Å². The van der Waals surface area contributed by atoms with E-state index >= 15 is 0 Å². The Morgan fingerprint density at radius 1 is 1.50 bits per heavy atom. The molecule has 0 amide bonds. The van der Waals surface area contributed by atoms with E-state index in [0.29, 0.717) is 0 Å². The van der Waals surface area contributed by atoms with E-state index in [9.17, 15) is 4.79 Å². The predicted molar refractivity (Wildman–Crippen MR) is 63.1 cm³/mol. The van der Waals surface area contributed by atoms with Crippen LogP contribution >= 0.6 is 23.4 Å². The number of rotatable bonds is 6. The third-order valence-corrected chi connectivity index (χ3v) is 3.77. The van der Waals surface area contributed by atoms with Crippen LogP contribution in [0.1, 0.15) is 26.2 Å². The first kappa shape index (κ1) is 12.3. The van der Waals surface area contributed by atoms with Crippen LogP contribution in [0.5, 0.6) is 0 Å². The molecule has 0 radical (unpaired) electrons. The molecule has 82 valence electrons. The predicted octanol–water partition coefficient (Wildman–Crippen LogP) is 2.36. The first-order valence-corrected chi connectivity index (χ1v) is 6.80. The fourth-order valence-corrected chi connectivity index (χ4v) is 2.76. The number of hydrogen-bond acceptors (Lipinski definition) is 3. The number of carbonyl (C=O) groups is 1. The summed E-state index contributed by atoms with van der Waals surface area (Å²) in [6, 6.07) is -0.0294. The molecule has 1 atom stereocenters. The average Bonchev–Trinajstić information content (AvgIpc) is 2.64. The summed E-state index contributed by atoms with van der Waals surface area (Å²) < 4.78 is 0. The number of likely N-dealkylation sites (tertiary alicyclic amines) is 1. The van der Waals surface area contributed by atoms with Crippen molar-refractivity contribution >= 4 is 28.6 Å². The molecule has 14 heavy (non-hydrogen) atoms. The maximum Gasteiger partial charge on any atom is 0.238 e. The van der Waals surface area contributed by atoms with Gasteiger partial charge in [-0.25, -0.2) is 0 Å². The standard InChI is InChI=1S/C10H18ClNOS/c1-2-14-8-5-9(10(11)13)12-6-3-4-7-12/h9H,2-8H2,1H3/t9-/m0/s1. The Hall–Kier alpha value is 0.270. The Labute approximate surface area is 95.4 Å². The largest absolute Gasteiger partial charge is 0.292 e. The van der Waals surface area contributed by atoms with Crippen molar-refractivity contribution in [1.82, 2.24) is 4.90 Å². The molecular weight excluding hydrogens is 218 g/mol. The first-order valence-electron chi connectivity index (χ1n) is 5.27. The van der Waals surface area contributed by atoms with E-state index in [1.54, 1.807) is 0 Å². The monoisotopic (exact) mass is 235 g/mol. The molecule has 4 heteroatoms. The van der Waals surface area contributed by atoms with E-state index in [1.165, 1.54) is 12.8 Å². The van der Waals surface area contributed by atoms with E-state index in [1.807, 2.05) is 11.8 Å². The highest BCUT2D eigenvalue weighted by molar-refractivity contribution is 7.99. The summed E-state index contributed by atoms with van der Waals surface area (Å²) in [7, 11) is 0. The molecule has 0 N–H and O–H groups in total. The smallest absolute Gasteiger partial charge is 0.238 e. The van der Waals surface area contributed by atoms with Gasteiger partial charge in [0.05, 0.1) is 6.04 Å². The summed E-state index contributed by atoms with van der Waals surface area (Å²) in [4.78, 5) is 13.5. The summed E-state index contributed by atoms with van der Waals surface area (Å²) in [5.41, 5.74) is 0. The Morgan fingerprint density at radius 2 is 2.14 bits per heavy atom. The normalized spacial score (nSPS) is 19.9. The summed E-state index contributed by atoms with van der Waals surface area (Å²) in [6.07, 6.45) is 3.32. The van der Waals surface area contributed by atoms with Crippen molar-refractivity contribution in [1.29, 1.82) is 0 Å². The van der Waals surface area contributed by atoms with Gasteiger partial charge in [-0.05, 0) is 55.5 Å². The zero-order valence-corrected chi connectivity index (χ0v) is 10.2. The summed E-state index contributed by atoms with van der Waals surface area (Å²) >= 11 is 7.49. The maximum absolute atomic E-state index is 11.2. The fraction of sp³-hybridized carbons (Fsp3) is 0.900. The number of hydrogen-bond donors (Lipinski definition) is 0. The molecule has 1 heterocycles. The Morgan fingerprint density at radius 3 is 2.64 bits per heavy atom.